The van der Waals surface area contributed by atoms with E-state index in [9.17, 15) is 9.59 Å². The van der Waals surface area contributed by atoms with Crippen molar-refractivity contribution in [3.63, 3.8) is 0 Å². The van der Waals surface area contributed by atoms with E-state index in [1.165, 1.54) is 4.57 Å². The number of aromatic nitrogens is 4. The third-order valence-corrected chi connectivity index (χ3v) is 4.63. The van der Waals surface area contributed by atoms with Crippen LogP contribution in [0.5, 0.6) is 0 Å². The van der Waals surface area contributed by atoms with Gasteiger partial charge in [0.1, 0.15) is 0 Å². The maximum atomic E-state index is 12.9. The van der Waals surface area contributed by atoms with Gasteiger partial charge in [-0.3, -0.25) is 13.9 Å². The molecule has 2 aromatic heterocycles. The van der Waals surface area contributed by atoms with Gasteiger partial charge in [0.15, 0.2) is 11.2 Å². The van der Waals surface area contributed by atoms with E-state index in [0.29, 0.717) is 17.7 Å². The molecule has 2 unspecified atom stereocenters. The summed E-state index contributed by atoms with van der Waals surface area (Å²) in [5.74, 6) is 0. The Labute approximate surface area is 128 Å². The topological polar surface area (TPSA) is 73.8 Å². The van der Waals surface area contributed by atoms with Gasteiger partial charge in [0.05, 0.1) is 6.33 Å². The van der Waals surface area contributed by atoms with Crippen molar-refractivity contribution < 1.29 is 0 Å². The van der Waals surface area contributed by atoms with Gasteiger partial charge in [-0.1, -0.05) is 6.92 Å². The number of fused-ring (bicyclic) bond motifs is 1. The molecule has 3 rings (SSSR count). The van der Waals surface area contributed by atoms with Crippen LogP contribution in [0.25, 0.3) is 11.2 Å². The Bertz CT molecular complexity index is 795. The van der Waals surface area contributed by atoms with Crippen molar-refractivity contribution in [1.29, 1.82) is 0 Å². The number of hydrogen-bond acceptors (Lipinski definition) is 4. The summed E-state index contributed by atoms with van der Waals surface area (Å²) < 4.78 is 4.74. The zero-order valence-corrected chi connectivity index (χ0v) is 13.4. The zero-order chi connectivity index (χ0) is 15.9. The van der Waals surface area contributed by atoms with Gasteiger partial charge in [-0.25, -0.2) is 9.78 Å². The summed E-state index contributed by atoms with van der Waals surface area (Å²) in [5.41, 5.74) is 0.493. The van der Waals surface area contributed by atoms with Gasteiger partial charge < -0.3 is 9.88 Å². The molecule has 22 heavy (non-hydrogen) atoms. The molecular weight excluding hydrogens is 282 g/mol. The summed E-state index contributed by atoms with van der Waals surface area (Å²) in [5, 5.41) is 3.35. The minimum absolute atomic E-state index is 0.00767. The third kappa shape index (κ3) is 2.29. The lowest BCUT2D eigenvalue weighted by atomic mass is 10.2. The van der Waals surface area contributed by atoms with Crippen LogP contribution in [0.1, 0.15) is 39.2 Å². The quantitative estimate of drug-likeness (QED) is 0.898. The molecule has 1 aliphatic heterocycles. The van der Waals surface area contributed by atoms with E-state index in [1.54, 1.807) is 22.5 Å². The Morgan fingerprint density at radius 2 is 2.23 bits per heavy atom. The first kappa shape index (κ1) is 15.0. The van der Waals surface area contributed by atoms with Crippen LogP contribution in [0.4, 0.5) is 0 Å². The molecule has 0 aliphatic carbocycles. The lowest BCUT2D eigenvalue weighted by Crippen LogP contribution is -2.45. The van der Waals surface area contributed by atoms with Crippen LogP contribution in [0.15, 0.2) is 15.9 Å². The second kappa shape index (κ2) is 5.72. The molecule has 0 spiro atoms. The minimum atomic E-state index is -0.251. The molecular formula is C15H23N5O2. The summed E-state index contributed by atoms with van der Waals surface area (Å²) in [6, 6.07) is 0.203. The van der Waals surface area contributed by atoms with Gasteiger partial charge in [0, 0.05) is 25.7 Å². The second-order valence-electron chi connectivity index (χ2n) is 6.15. The largest absolute Gasteiger partial charge is 0.333 e. The monoisotopic (exact) mass is 305 g/mol. The fraction of sp³-hybridized carbons (Fsp3) is 0.667. The average molecular weight is 305 g/mol. The van der Waals surface area contributed by atoms with Gasteiger partial charge >= 0.3 is 5.69 Å². The van der Waals surface area contributed by atoms with E-state index in [4.69, 9.17) is 0 Å². The Balaban J connectivity index is 2.24. The van der Waals surface area contributed by atoms with Crippen LogP contribution in [-0.4, -0.2) is 31.3 Å². The molecule has 0 amide bonds. The van der Waals surface area contributed by atoms with Gasteiger partial charge in [-0.05, 0) is 32.7 Å². The van der Waals surface area contributed by atoms with Crippen LogP contribution < -0.4 is 16.6 Å². The Hall–Kier alpha value is -1.89. The smallest absolute Gasteiger partial charge is 0.328 e. The first-order valence-electron chi connectivity index (χ1n) is 7.94. The number of aryl methyl sites for hydroxylation is 1. The molecule has 1 aliphatic rings. The van der Waals surface area contributed by atoms with E-state index >= 15 is 0 Å². The highest BCUT2D eigenvalue weighted by atomic mass is 16.2. The predicted octanol–water partition coefficient (Wildman–Crippen LogP) is 0.620. The number of rotatable bonds is 4. The van der Waals surface area contributed by atoms with Gasteiger partial charge in [0.25, 0.3) is 5.56 Å². The van der Waals surface area contributed by atoms with E-state index in [-0.39, 0.29) is 23.3 Å². The molecule has 120 valence electrons. The van der Waals surface area contributed by atoms with E-state index < -0.39 is 0 Å². The molecule has 1 fully saturated rings. The third-order valence-electron chi connectivity index (χ3n) is 4.63. The van der Waals surface area contributed by atoms with Crippen LogP contribution >= 0.6 is 0 Å². The SMILES string of the molecule is CCC(C)n1c(=O)n(CC2CCCN2)c(=O)c2c1ncn2C. The second-order valence-corrected chi connectivity index (χ2v) is 6.15. The van der Waals surface area contributed by atoms with Crippen molar-refractivity contribution in [3.8, 4) is 0 Å². The van der Waals surface area contributed by atoms with Gasteiger partial charge in [-0.15, -0.1) is 0 Å². The fourth-order valence-electron chi connectivity index (χ4n) is 3.15. The normalized spacial score (nSPS) is 19.9. The minimum Gasteiger partial charge on any atom is -0.328 e. The molecule has 1 N–H and O–H groups in total. The van der Waals surface area contributed by atoms with Crippen LogP contribution in [0.3, 0.4) is 0 Å². The highest BCUT2D eigenvalue weighted by Crippen LogP contribution is 2.14. The van der Waals surface area contributed by atoms with Crippen molar-refractivity contribution >= 4 is 11.2 Å². The highest BCUT2D eigenvalue weighted by molar-refractivity contribution is 5.70. The van der Waals surface area contributed by atoms with Gasteiger partial charge in [0.2, 0.25) is 0 Å². The van der Waals surface area contributed by atoms with E-state index in [2.05, 4.69) is 10.3 Å². The summed E-state index contributed by atoms with van der Waals surface area (Å²) in [6.45, 7) is 5.39. The lowest BCUT2D eigenvalue weighted by molar-refractivity contribution is 0.443. The summed E-state index contributed by atoms with van der Waals surface area (Å²) in [6.07, 6.45) is 4.50. The van der Waals surface area contributed by atoms with Crippen molar-refractivity contribution in [2.24, 2.45) is 7.05 Å². The molecule has 1 saturated heterocycles. The molecule has 3 heterocycles. The average Bonchev–Trinajstić information content (AvgIpc) is 3.13. The number of hydrogen-bond donors (Lipinski definition) is 1. The number of nitrogens with zero attached hydrogens (tertiary/aromatic N) is 4. The summed E-state index contributed by atoms with van der Waals surface area (Å²) in [7, 11) is 1.79. The molecule has 2 aromatic rings. The summed E-state index contributed by atoms with van der Waals surface area (Å²) >= 11 is 0. The molecule has 2 atom stereocenters. The number of imidazole rings is 1. The van der Waals surface area contributed by atoms with Crippen molar-refractivity contribution in [2.45, 2.75) is 51.7 Å². The first-order valence-corrected chi connectivity index (χ1v) is 7.94. The lowest BCUT2D eigenvalue weighted by Gasteiger charge is -2.18. The molecule has 0 saturated carbocycles. The fourth-order valence-corrected chi connectivity index (χ4v) is 3.15. The zero-order valence-electron chi connectivity index (χ0n) is 13.4. The molecule has 0 aromatic carbocycles. The van der Waals surface area contributed by atoms with E-state index in [0.717, 1.165) is 25.8 Å². The van der Waals surface area contributed by atoms with Crippen molar-refractivity contribution in [3.05, 3.63) is 27.2 Å². The molecule has 0 bridgehead atoms. The molecule has 7 nitrogen and oxygen atoms in total. The standard InChI is InChI=1S/C15H23N5O2/c1-4-10(2)20-13-12(18(3)9-17-13)14(21)19(15(20)22)8-11-6-5-7-16-11/h9-11,16H,4-8H2,1-3H3. The Morgan fingerprint density at radius 1 is 1.45 bits per heavy atom. The van der Waals surface area contributed by atoms with Crippen molar-refractivity contribution in [2.75, 3.05) is 6.54 Å². The van der Waals surface area contributed by atoms with Crippen LogP contribution in [0, 0.1) is 0 Å². The maximum absolute atomic E-state index is 12.9. The maximum Gasteiger partial charge on any atom is 0.333 e. The van der Waals surface area contributed by atoms with Gasteiger partial charge in [-0.2, -0.15) is 0 Å². The molecule has 0 radical (unpaired) electrons. The van der Waals surface area contributed by atoms with Crippen LogP contribution in [0.2, 0.25) is 0 Å². The van der Waals surface area contributed by atoms with Crippen molar-refractivity contribution in [1.82, 2.24) is 24.0 Å². The highest BCUT2D eigenvalue weighted by Gasteiger charge is 2.22. The first-order chi connectivity index (χ1) is 10.5. The molecule has 7 heteroatoms. The number of nitrogens with one attached hydrogen (secondary N) is 1. The van der Waals surface area contributed by atoms with E-state index in [1.807, 2.05) is 13.8 Å². The predicted molar refractivity (Wildman–Crippen MR) is 85.3 cm³/mol. The summed E-state index contributed by atoms with van der Waals surface area (Å²) in [4.78, 5) is 29.9. The van der Waals surface area contributed by atoms with Crippen LogP contribution in [-0.2, 0) is 13.6 Å². The Kier molecular flexibility index (Phi) is 3.90. The Morgan fingerprint density at radius 3 is 2.86 bits per heavy atom.